The van der Waals surface area contributed by atoms with E-state index in [9.17, 15) is 22.4 Å². The van der Waals surface area contributed by atoms with Gasteiger partial charge in [0.05, 0.1) is 10.6 Å². The molecule has 1 aliphatic heterocycles. The molecule has 39 heavy (non-hydrogen) atoms. The molecule has 2 heterocycles. The predicted octanol–water partition coefficient (Wildman–Crippen LogP) is 4.50. The van der Waals surface area contributed by atoms with Crippen molar-refractivity contribution in [2.24, 2.45) is 5.92 Å². The van der Waals surface area contributed by atoms with Crippen LogP contribution in [-0.2, 0) is 21.1 Å². The summed E-state index contributed by atoms with van der Waals surface area (Å²) >= 11 is 6.02. The Morgan fingerprint density at radius 1 is 1.10 bits per heavy atom. The van der Waals surface area contributed by atoms with Crippen LogP contribution in [0.15, 0.2) is 65.7 Å². The average molecular weight is 573 g/mol. The van der Waals surface area contributed by atoms with Gasteiger partial charge in [-0.25, -0.2) is 17.8 Å². The van der Waals surface area contributed by atoms with Crippen molar-refractivity contribution < 1.29 is 22.4 Å². The summed E-state index contributed by atoms with van der Waals surface area (Å²) in [5, 5.41) is 6.14. The fourth-order valence-electron chi connectivity index (χ4n) is 4.49. The van der Waals surface area contributed by atoms with Crippen molar-refractivity contribution in [3.05, 3.63) is 82.8 Å². The van der Waals surface area contributed by atoms with Crippen LogP contribution in [0.4, 0.5) is 15.9 Å². The Kier molecular flexibility index (Phi) is 9.19. The molecule has 0 bridgehead atoms. The maximum Gasteiger partial charge on any atom is 0.255 e. The van der Waals surface area contributed by atoms with Crippen LogP contribution in [0.25, 0.3) is 0 Å². The molecular weight excluding hydrogens is 543 g/mol. The lowest BCUT2D eigenvalue weighted by atomic mass is 9.93. The molecule has 0 radical (unpaired) electrons. The summed E-state index contributed by atoms with van der Waals surface area (Å²) in [6.07, 6.45) is 4.88. The van der Waals surface area contributed by atoms with Crippen LogP contribution in [0.5, 0.6) is 0 Å². The summed E-state index contributed by atoms with van der Waals surface area (Å²) in [5.41, 5.74) is 1.58. The molecular formula is C28H30ClFN4O4S. The van der Waals surface area contributed by atoms with E-state index in [0.717, 1.165) is 24.7 Å². The van der Waals surface area contributed by atoms with Crippen LogP contribution in [-0.4, -0.2) is 51.1 Å². The summed E-state index contributed by atoms with van der Waals surface area (Å²) in [6.45, 7) is 1.67. The molecule has 1 fully saturated rings. The molecule has 0 unspecified atom stereocenters. The van der Waals surface area contributed by atoms with Gasteiger partial charge in [0.2, 0.25) is 5.91 Å². The van der Waals surface area contributed by atoms with Crippen LogP contribution in [0.2, 0.25) is 5.02 Å². The third-order valence-corrected chi connectivity index (χ3v) is 7.96. The number of anilines is 2. The molecule has 1 aliphatic rings. The molecule has 8 nitrogen and oxygen atoms in total. The first kappa shape index (κ1) is 28.5. The molecule has 1 aromatic heterocycles. The van der Waals surface area contributed by atoms with Gasteiger partial charge in [0.15, 0.2) is 15.7 Å². The van der Waals surface area contributed by atoms with Gasteiger partial charge in [0, 0.05) is 49.1 Å². The molecule has 0 spiro atoms. The lowest BCUT2D eigenvalue weighted by Gasteiger charge is -2.33. The zero-order valence-corrected chi connectivity index (χ0v) is 23.1. The van der Waals surface area contributed by atoms with E-state index in [0.29, 0.717) is 54.6 Å². The molecule has 0 aliphatic carbocycles. The van der Waals surface area contributed by atoms with E-state index in [1.165, 1.54) is 30.5 Å². The van der Waals surface area contributed by atoms with Crippen molar-refractivity contribution in [3.8, 4) is 0 Å². The average Bonchev–Trinajstić information content (AvgIpc) is 2.90. The number of piperidine rings is 1. The third kappa shape index (κ3) is 8.00. The number of hydrogen-bond acceptors (Lipinski definition) is 6. The second-order valence-electron chi connectivity index (χ2n) is 9.64. The minimum Gasteiger partial charge on any atom is -0.356 e. The minimum absolute atomic E-state index is 0.000150. The summed E-state index contributed by atoms with van der Waals surface area (Å²) in [6, 6.07) is 14.1. The Bertz CT molecular complexity index is 1440. The Balaban J connectivity index is 1.36. The highest BCUT2D eigenvalue weighted by Gasteiger charge is 2.25. The summed E-state index contributed by atoms with van der Waals surface area (Å²) in [7, 11) is -3.54. The van der Waals surface area contributed by atoms with Gasteiger partial charge in [-0.2, -0.15) is 0 Å². The number of nitrogens with zero attached hydrogens (tertiary/aromatic N) is 2. The van der Waals surface area contributed by atoms with Crippen LogP contribution in [0.3, 0.4) is 0 Å². The Morgan fingerprint density at radius 3 is 2.49 bits per heavy atom. The predicted molar refractivity (Wildman–Crippen MR) is 149 cm³/mol. The zero-order valence-electron chi connectivity index (χ0n) is 21.5. The van der Waals surface area contributed by atoms with Gasteiger partial charge >= 0.3 is 0 Å². The second kappa shape index (κ2) is 12.6. The number of halogens is 2. The lowest BCUT2D eigenvalue weighted by Crippen LogP contribution is -2.37. The highest BCUT2D eigenvalue weighted by molar-refractivity contribution is 7.90. The topological polar surface area (TPSA) is 108 Å². The fraction of sp³-hybridized carbons (Fsp3) is 0.321. The number of hydrogen-bond donors (Lipinski definition) is 2. The van der Waals surface area contributed by atoms with Gasteiger partial charge < -0.3 is 15.5 Å². The summed E-state index contributed by atoms with van der Waals surface area (Å²) < 4.78 is 37.3. The largest absolute Gasteiger partial charge is 0.356 e. The van der Waals surface area contributed by atoms with E-state index in [4.69, 9.17) is 11.6 Å². The zero-order chi connectivity index (χ0) is 28.0. The number of carbonyl (C=O) groups is 2. The number of amides is 2. The molecule has 206 valence electrons. The number of benzene rings is 2. The molecule has 0 atom stereocenters. The van der Waals surface area contributed by atoms with Crippen molar-refractivity contribution in [1.82, 2.24) is 10.3 Å². The number of sulfone groups is 1. The van der Waals surface area contributed by atoms with Gasteiger partial charge in [-0.05, 0) is 67.1 Å². The number of aromatic nitrogens is 1. The molecule has 3 aromatic rings. The number of rotatable bonds is 9. The van der Waals surface area contributed by atoms with Crippen LogP contribution in [0, 0.1) is 11.7 Å². The van der Waals surface area contributed by atoms with Crippen LogP contribution in [0.1, 0.15) is 35.2 Å². The molecule has 1 saturated heterocycles. The van der Waals surface area contributed by atoms with E-state index in [2.05, 4.69) is 15.6 Å². The molecule has 0 saturated carbocycles. The Morgan fingerprint density at radius 2 is 1.82 bits per heavy atom. The normalized spacial score (nSPS) is 14.2. The van der Waals surface area contributed by atoms with Gasteiger partial charge in [-0.1, -0.05) is 29.8 Å². The maximum atomic E-state index is 13.0. The highest BCUT2D eigenvalue weighted by atomic mass is 35.5. The standard InChI is InChI=1S/C28H30ClFN4O4S/c1-39(37,38)24-17-25(33-28(36)21-3-2-4-22(29)16-21)27(32-18-24)34-13-10-20(11-14-34)15-26(35)31-12-9-19-5-7-23(30)8-6-19/h2-8,16-18,20H,9-15H2,1H3,(H,31,35)(H,33,36). The first-order valence-electron chi connectivity index (χ1n) is 12.6. The van der Waals surface area contributed by atoms with Crippen LogP contribution < -0.4 is 15.5 Å². The number of pyridine rings is 1. The van der Waals surface area contributed by atoms with E-state index in [-0.39, 0.29) is 22.5 Å². The number of nitrogens with one attached hydrogen (secondary N) is 2. The van der Waals surface area contributed by atoms with Crippen molar-refractivity contribution in [3.63, 3.8) is 0 Å². The Labute approximate surface area is 232 Å². The third-order valence-electron chi connectivity index (χ3n) is 6.64. The smallest absolute Gasteiger partial charge is 0.255 e. The van der Waals surface area contributed by atoms with Crippen LogP contribution >= 0.6 is 11.6 Å². The van der Waals surface area contributed by atoms with Crippen molar-refractivity contribution in [2.45, 2.75) is 30.6 Å². The van der Waals surface area contributed by atoms with Gasteiger partial charge in [0.25, 0.3) is 5.91 Å². The number of carbonyl (C=O) groups excluding carboxylic acids is 2. The molecule has 2 aromatic carbocycles. The van der Waals surface area contributed by atoms with Gasteiger partial charge in [0.1, 0.15) is 5.82 Å². The highest BCUT2D eigenvalue weighted by Crippen LogP contribution is 2.31. The summed E-state index contributed by atoms with van der Waals surface area (Å²) in [4.78, 5) is 31.7. The SMILES string of the molecule is CS(=O)(=O)c1cnc(N2CCC(CC(=O)NCCc3ccc(F)cc3)CC2)c(NC(=O)c2cccc(Cl)c2)c1. The van der Waals surface area contributed by atoms with E-state index in [1.54, 1.807) is 30.3 Å². The first-order chi connectivity index (χ1) is 18.6. The second-order valence-corrected chi connectivity index (χ2v) is 12.1. The fourth-order valence-corrected chi connectivity index (χ4v) is 5.26. The van der Waals surface area contributed by atoms with E-state index in [1.807, 2.05) is 4.90 Å². The van der Waals surface area contributed by atoms with E-state index >= 15 is 0 Å². The quantitative estimate of drug-likeness (QED) is 0.391. The lowest BCUT2D eigenvalue weighted by molar-refractivity contribution is -0.122. The minimum atomic E-state index is -3.54. The molecule has 2 N–H and O–H groups in total. The van der Waals surface area contributed by atoms with Gasteiger partial charge in [-0.15, -0.1) is 0 Å². The van der Waals surface area contributed by atoms with Crippen molar-refractivity contribution >= 4 is 44.8 Å². The maximum absolute atomic E-state index is 13.0. The van der Waals surface area contributed by atoms with Gasteiger partial charge in [-0.3, -0.25) is 9.59 Å². The van der Waals surface area contributed by atoms with Crippen molar-refractivity contribution in [2.75, 3.05) is 36.1 Å². The molecule has 4 rings (SSSR count). The molecule has 11 heteroatoms. The first-order valence-corrected chi connectivity index (χ1v) is 14.9. The summed E-state index contributed by atoms with van der Waals surface area (Å²) in [5.74, 6) is -0.0859. The van der Waals surface area contributed by atoms with Crippen molar-refractivity contribution in [1.29, 1.82) is 0 Å². The molecule has 2 amide bonds. The van der Waals surface area contributed by atoms with E-state index < -0.39 is 15.7 Å². The monoisotopic (exact) mass is 572 g/mol. The Hall–Kier alpha value is -3.50.